The van der Waals surface area contributed by atoms with E-state index in [1.807, 2.05) is 13.8 Å². The molecule has 0 unspecified atom stereocenters. The molecule has 0 aliphatic heterocycles. The Bertz CT molecular complexity index is 31.6. The standard InChI is InChI=1S/C5H12O.Na.H/c1-3-5(6)4-2;;/h5-6H,3-4H2,1-2H3;;/q;+1;-1. The minimum Gasteiger partial charge on any atom is -1.00 e. The van der Waals surface area contributed by atoms with Gasteiger partial charge in [-0.1, -0.05) is 13.8 Å². The molecular weight excluding hydrogens is 99.0 g/mol. The van der Waals surface area contributed by atoms with Crippen LogP contribution in [0.25, 0.3) is 0 Å². The topological polar surface area (TPSA) is 20.2 Å². The molecule has 0 saturated heterocycles. The fourth-order valence-electron chi connectivity index (χ4n) is 0.289. The molecule has 1 nitrogen and oxygen atoms in total. The molecular formula is C5H13NaO. The Morgan fingerprint density at radius 2 is 1.71 bits per heavy atom. The van der Waals surface area contributed by atoms with Gasteiger partial charge in [-0.25, -0.2) is 0 Å². The second-order valence-electron chi connectivity index (χ2n) is 1.47. The first kappa shape index (κ1) is 10.9. The van der Waals surface area contributed by atoms with Crippen molar-refractivity contribution in [3.05, 3.63) is 0 Å². The number of aliphatic hydroxyl groups excluding tert-OH is 1. The summed E-state index contributed by atoms with van der Waals surface area (Å²) in [6.45, 7) is 3.96. The molecule has 0 aromatic carbocycles. The van der Waals surface area contributed by atoms with Crippen molar-refractivity contribution in [2.45, 2.75) is 32.8 Å². The molecule has 0 amide bonds. The first-order chi connectivity index (χ1) is 2.81. The fourth-order valence-corrected chi connectivity index (χ4v) is 0.289. The van der Waals surface area contributed by atoms with Gasteiger partial charge < -0.3 is 6.53 Å². The van der Waals surface area contributed by atoms with Crippen LogP contribution in [0.4, 0.5) is 0 Å². The fraction of sp³-hybridized carbons (Fsp3) is 1.00. The SMILES string of the molecule is CCC(O)CC.[H-].[Na+]. The van der Waals surface area contributed by atoms with Crippen LogP contribution in [0.3, 0.4) is 0 Å². The van der Waals surface area contributed by atoms with Crippen molar-refractivity contribution in [3.63, 3.8) is 0 Å². The van der Waals surface area contributed by atoms with E-state index in [0.29, 0.717) is 0 Å². The van der Waals surface area contributed by atoms with Gasteiger partial charge in [-0.3, -0.25) is 0 Å². The van der Waals surface area contributed by atoms with Gasteiger partial charge in [-0.2, -0.15) is 0 Å². The molecule has 0 aromatic heterocycles. The van der Waals surface area contributed by atoms with Gasteiger partial charge in [0.05, 0.1) is 6.10 Å². The summed E-state index contributed by atoms with van der Waals surface area (Å²) in [6, 6.07) is 0. The van der Waals surface area contributed by atoms with Crippen LogP contribution < -0.4 is 29.6 Å². The van der Waals surface area contributed by atoms with E-state index in [1.165, 1.54) is 0 Å². The van der Waals surface area contributed by atoms with Gasteiger partial charge in [0.2, 0.25) is 0 Å². The van der Waals surface area contributed by atoms with Crippen LogP contribution in [0.1, 0.15) is 28.1 Å². The van der Waals surface area contributed by atoms with Gasteiger partial charge in [-0.05, 0) is 12.8 Å². The molecule has 0 fully saturated rings. The summed E-state index contributed by atoms with van der Waals surface area (Å²) in [5.74, 6) is 0. The normalized spacial score (nSPS) is 8.57. The van der Waals surface area contributed by atoms with Crippen molar-refractivity contribution >= 4 is 0 Å². The molecule has 1 N–H and O–H groups in total. The van der Waals surface area contributed by atoms with Crippen LogP contribution in [0.15, 0.2) is 0 Å². The summed E-state index contributed by atoms with van der Waals surface area (Å²) in [7, 11) is 0. The summed E-state index contributed by atoms with van der Waals surface area (Å²) in [5, 5.41) is 8.67. The third-order valence-electron chi connectivity index (χ3n) is 0.942. The Kier molecular flexibility index (Phi) is 10.8. The largest absolute Gasteiger partial charge is 1.00 e. The smallest absolute Gasteiger partial charge is 1.00 e. The molecule has 40 valence electrons. The molecule has 0 heterocycles. The zero-order valence-electron chi connectivity index (χ0n) is 6.44. The summed E-state index contributed by atoms with van der Waals surface area (Å²) in [4.78, 5) is 0. The Morgan fingerprint density at radius 1 is 1.43 bits per heavy atom. The van der Waals surface area contributed by atoms with Gasteiger partial charge in [0.25, 0.3) is 0 Å². The Hall–Kier alpha value is 0.960. The van der Waals surface area contributed by atoms with Crippen molar-refractivity contribution < 1.29 is 36.1 Å². The number of aliphatic hydroxyl groups is 1. The number of hydrogen-bond donors (Lipinski definition) is 1. The second-order valence-corrected chi connectivity index (χ2v) is 1.47. The Balaban J connectivity index is -0.000000125. The molecule has 0 saturated carbocycles. The van der Waals surface area contributed by atoms with E-state index >= 15 is 0 Å². The van der Waals surface area contributed by atoms with Gasteiger partial charge >= 0.3 is 29.6 Å². The maximum Gasteiger partial charge on any atom is 1.00 e. The first-order valence-corrected chi connectivity index (χ1v) is 2.49. The molecule has 0 spiro atoms. The third-order valence-corrected chi connectivity index (χ3v) is 0.942. The third kappa shape index (κ3) is 6.96. The Morgan fingerprint density at radius 3 is 1.71 bits per heavy atom. The van der Waals surface area contributed by atoms with Crippen molar-refractivity contribution in [2.75, 3.05) is 0 Å². The molecule has 0 atom stereocenters. The molecule has 0 radical (unpaired) electrons. The van der Waals surface area contributed by atoms with Crippen molar-refractivity contribution in [1.82, 2.24) is 0 Å². The van der Waals surface area contributed by atoms with Crippen molar-refractivity contribution in [3.8, 4) is 0 Å². The molecule has 0 aromatic rings. The summed E-state index contributed by atoms with van der Waals surface area (Å²) in [5.41, 5.74) is 0. The van der Waals surface area contributed by atoms with Gasteiger partial charge in [-0.15, -0.1) is 0 Å². The maximum absolute atomic E-state index is 8.67. The Labute approximate surface area is 68.9 Å². The van der Waals surface area contributed by atoms with E-state index in [9.17, 15) is 0 Å². The molecule has 7 heavy (non-hydrogen) atoms. The van der Waals surface area contributed by atoms with Crippen LogP contribution in [-0.4, -0.2) is 11.2 Å². The van der Waals surface area contributed by atoms with Gasteiger partial charge in [0, 0.05) is 0 Å². The predicted octanol–water partition coefficient (Wildman–Crippen LogP) is -1.72. The van der Waals surface area contributed by atoms with Crippen LogP contribution in [0.5, 0.6) is 0 Å². The van der Waals surface area contributed by atoms with E-state index in [2.05, 4.69) is 0 Å². The molecule has 2 heteroatoms. The van der Waals surface area contributed by atoms with Crippen LogP contribution in [-0.2, 0) is 0 Å². The van der Waals surface area contributed by atoms with Crippen LogP contribution in [0, 0.1) is 0 Å². The summed E-state index contributed by atoms with van der Waals surface area (Å²) in [6.07, 6.45) is 1.71. The van der Waals surface area contributed by atoms with Crippen LogP contribution in [0.2, 0.25) is 0 Å². The molecule has 0 aliphatic rings. The number of hydrogen-bond acceptors (Lipinski definition) is 1. The minimum atomic E-state index is -0.0648. The van der Waals surface area contributed by atoms with E-state index in [4.69, 9.17) is 5.11 Å². The van der Waals surface area contributed by atoms with Crippen molar-refractivity contribution in [2.24, 2.45) is 0 Å². The monoisotopic (exact) mass is 112 g/mol. The zero-order valence-corrected chi connectivity index (χ0v) is 7.44. The van der Waals surface area contributed by atoms with E-state index in [-0.39, 0.29) is 37.1 Å². The zero-order chi connectivity index (χ0) is 4.99. The molecule has 0 aliphatic carbocycles. The first-order valence-electron chi connectivity index (χ1n) is 2.49. The average molecular weight is 112 g/mol. The van der Waals surface area contributed by atoms with Gasteiger partial charge in [0.15, 0.2) is 0 Å². The summed E-state index contributed by atoms with van der Waals surface area (Å²) >= 11 is 0. The average Bonchev–Trinajstić information content (AvgIpc) is 1.65. The van der Waals surface area contributed by atoms with Crippen LogP contribution >= 0.6 is 0 Å². The minimum absolute atomic E-state index is 0. The number of rotatable bonds is 2. The summed E-state index contributed by atoms with van der Waals surface area (Å²) < 4.78 is 0. The predicted molar refractivity (Wildman–Crippen MR) is 27.7 cm³/mol. The van der Waals surface area contributed by atoms with Gasteiger partial charge in [0.1, 0.15) is 0 Å². The van der Waals surface area contributed by atoms with Crippen molar-refractivity contribution in [1.29, 1.82) is 0 Å². The molecule has 0 rings (SSSR count). The maximum atomic E-state index is 8.67. The second kappa shape index (κ2) is 6.96. The molecule has 0 bridgehead atoms. The quantitative estimate of drug-likeness (QED) is 0.421. The van der Waals surface area contributed by atoms with E-state index < -0.39 is 0 Å². The van der Waals surface area contributed by atoms with E-state index in [0.717, 1.165) is 12.8 Å². The van der Waals surface area contributed by atoms with E-state index in [1.54, 1.807) is 0 Å².